The molecule has 186 valence electrons. The van der Waals surface area contributed by atoms with Crippen LogP contribution < -0.4 is 10.6 Å². The summed E-state index contributed by atoms with van der Waals surface area (Å²) in [5.41, 5.74) is 4.68. The number of aliphatic carboxylic acids is 1. The molecule has 0 aliphatic heterocycles. The quantitative estimate of drug-likeness (QED) is 0.478. The number of fused-ring (bicyclic) bond motifs is 3. The molecule has 3 N–H and O–H groups in total. The summed E-state index contributed by atoms with van der Waals surface area (Å²) >= 11 is 0. The van der Waals surface area contributed by atoms with Crippen molar-refractivity contribution in [3.63, 3.8) is 0 Å². The molecular formula is C28H34N2O5. The first-order valence-corrected chi connectivity index (χ1v) is 12.6. The van der Waals surface area contributed by atoms with Crippen LogP contribution in [0.3, 0.4) is 0 Å². The maximum Gasteiger partial charge on any atom is 0.407 e. The minimum atomic E-state index is -1.02. The van der Waals surface area contributed by atoms with Crippen LogP contribution >= 0.6 is 0 Å². The van der Waals surface area contributed by atoms with Crippen LogP contribution in [-0.2, 0) is 14.3 Å². The number of carbonyl (C=O) groups is 3. The first kappa shape index (κ1) is 24.8. The number of rotatable bonds is 9. The average molecular weight is 479 g/mol. The summed E-state index contributed by atoms with van der Waals surface area (Å²) in [4.78, 5) is 36.7. The van der Waals surface area contributed by atoms with Crippen molar-refractivity contribution in [3.05, 3.63) is 59.7 Å². The lowest BCUT2D eigenvalue weighted by Gasteiger charge is -2.32. The summed E-state index contributed by atoms with van der Waals surface area (Å²) < 4.78 is 5.70. The smallest absolute Gasteiger partial charge is 0.407 e. The van der Waals surface area contributed by atoms with E-state index in [0.29, 0.717) is 12.8 Å². The zero-order valence-electron chi connectivity index (χ0n) is 20.2. The summed E-state index contributed by atoms with van der Waals surface area (Å²) in [5.74, 6) is -1.35. The molecule has 2 aliphatic rings. The van der Waals surface area contributed by atoms with Gasteiger partial charge in [-0.05, 0) is 47.4 Å². The predicted molar refractivity (Wildman–Crippen MR) is 133 cm³/mol. The molecule has 7 heteroatoms. The van der Waals surface area contributed by atoms with Crippen molar-refractivity contribution in [3.8, 4) is 11.1 Å². The van der Waals surface area contributed by atoms with Gasteiger partial charge in [-0.3, -0.25) is 4.79 Å². The van der Waals surface area contributed by atoms with E-state index in [2.05, 4.69) is 34.9 Å². The molecule has 0 spiro atoms. The number of carboxylic acids is 1. The second kappa shape index (κ2) is 11.4. The maximum absolute atomic E-state index is 12.8. The summed E-state index contributed by atoms with van der Waals surface area (Å²) in [6, 6.07) is 15.4. The minimum absolute atomic E-state index is 0.00685. The van der Waals surface area contributed by atoms with Gasteiger partial charge in [0.05, 0.1) is 0 Å². The number of hydrogen-bond donors (Lipinski definition) is 3. The van der Waals surface area contributed by atoms with Gasteiger partial charge in [-0.25, -0.2) is 9.59 Å². The van der Waals surface area contributed by atoms with Crippen molar-refractivity contribution in [1.29, 1.82) is 0 Å². The van der Waals surface area contributed by atoms with Gasteiger partial charge in [-0.2, -0.15) is 0 Å². The highest BCUT2D eigenvalue weighted by Gasteiger charge is 2.32. The molecular weight excluding hydrogens is 444 g/mol. The number of carboxylic acid groups (broad SMARTS) is 1. The van der Waals surface area contributed by atoms with Crippen molar-refractivity contribution < 1.29 is 24.2 Å². The fraction of sp³-hybridized carbons (Fsp3) is 0.464. The molecule has 0 aromatic heterocycles. The van der Waals surface area contributed by atoms with Crippen LogP contribution in [-0.4, -0.2) is 41.8 Å². The minimum Gasteiger partial charge on any atom is -0.480 e. The Bertz CT molecular complexity index is 1020. The molecule has 35 heavy (non-hydrogen) atoms. The third-order valence-electron chi connectivity index (χ3n) is 7.21. The summed E-state index contributed by atoms with van der Waals surface area (Å²) in [7, 11) is 0. The lowest BCUT2D eigenvalue weighted by molar-refractivity contribution is -0.142. The highest BCUT2D eigenvalue weighted by molar-refractivity contribution is 5.83. The summed E-state index contributed by atoms with van der Waals surface area (Å²) in [6.45, 7) is 2.13. The number of hydrogen-bond acceptors (Lipinski definition) is 4. The van der Waals surface area contributed by atoms with Crippen molar-refractivity contribution in [1.82, 2.24) is 10.6 Å². The zero-order valence-corrected chi connectivity index (χ0v) is 20.2. The Labute approximate surface area is 206 Å². The van der Waals surface area contributed by atoms with Gasteiger partial charge < -0.3 is 20.5 Å². The number of amides is 2. The lowest BCUT2D eigenvalue weighted by atomic mass is 9.82. The van der Waals surface area contributed by atoms with E-state index in [-0.39, 0.29) is 36.8 Å². The molecule has 0 unspecified atom stereocenters. The van der Waals surface area contributed by atoms with Crippen LogP contribution in [0.15, 0.2) is 48.5 Å². The van der Waals surface area contributed by atoms with E-state index in [1.54, 1.807) is 0 Å². The van der Waals surface area contributed by atoms with E-state index in [0.717, 1.165) is 36.8 Å². The Balaban J connectivity index is 1.34. The number of alkyl carbamates (subject to hydrolysis) is 1. The van der Waals surface area contributed by atoms with E-state index in [4.69, 9.17) is 4.74 Å². The highest BCUT2D eigenvalue weighted by Crippen LogP contribution is 2.44. The molecule has 2 amide bonds. The Morgan fingerprint density at radius 3 is 2.26 bits per heavy atom. The van der Waals surface area contributed by atoms with Gasteiger partial charge in [-0.15, -0.1) is 0 Å². The molecule has 3 atom stereocenters. The Morgan fingerprint density at radius 1 is 1.00 bits per heavy atom. The topological polar surface area (TPSA) is 105 Å². The Hall–Kier alpha value is -3.35. The van der Waals surface area contributed by atoms with Gasteiger partial charge in [-0.1, -0.05) is 74.7 Å². The average Bonchev–Trinajstić information content (AvgIpc) is 3.17. The fourth-order valence-electron chi connectivity index (χ4n) is 5.47. The summed E-state index contributed by atoms with van der Waals surface area (Å²) in [5, 5.41) is 14.9. The van der Waals surface area contributed by atoms with Gasteiger partial charge in [0.25, 0.3) is 0 Å². The zero-order chi connectivity index (χ0) is 24.8. The van der Waals surface area contributed by atoms with E-state index >= 15 is 0 Å². The van der Waals surface area contributed by atoms with Crippen molar-refractivity contribution >= 4 is 18.0 Å². The number of nitrogens with one attached hydrogen (secondary N) is 2. The van der Waals surface area contributed by atoms with Crippen LogP contribution in [0.25, 0.3) is 11.1 Å². The van der Waals surface area contributed by atoms with Crippen molar-refractivity contribution in [2.45, 2.75) is 69.9 Å². The predicted octanol–water partition coefficient (Wildman–Crippen LogP) is 4.84. The number of ether oxygens (including phenoxy) is 1. The van der Waals surface area contributed by atoms with Crippen LogP contribution in [0.5, 0.6) is 0 Å². The largest absolute Gasteiger partial charge is 0.480 e. The molecule has 0 heterocycles. The van der Waals surface area contributed by atoms with Crippen molar-refractivity contribution in [2.75, 3.05) is 6.61 Å². The van der Waals surface area contributed by atoms with Crippen LogP contribution in [0.2, 0.25) is 0 Å². The van der Waals surface area contributed by atoms with Gasteiger partial charge in [0.1, 0.15) is 12.6 Å². The van der Waals surface area contributed by atoms with Crippen LogP contribution in [0.4, 0.5) is 4.79 Å². The molecule has 1 saturated carbocycles. The normalized spacial score (nSPS) is 19.8. The van der Waals surface area contributed by atoms with Gasteiger partial charge in [0, 0.05) is 18.4 Å². The summed E-state index contributed by atoms with van der Waals surface area (Å²) in [6.07, 6.45) is 4.34. The molecule has 4 rings (SSSR count). The lowest BCUT2D eigenvalue weighted by Crippen LogP contribution is -2.46. The van der Waals surface area contributed by atoms with E-state index < -0.39 is 18.1 Å². The van der Waals surface area contributed by atoms with Gasteiger partial charge in [0.2, 0.25) is 5.91 Å². The van der Waals surface area contributed by atoms with Gasteiger partial charge >= 0.3 is 12.1 Å². The van der Waals surface area contributed by atoms with E-state index in [1.807, 2.05) is 31.2 Å². The van der Waals surface area contributed by atoms with Crippen molar-refractivity contribution in [2.24, 2.45) is 5.92 Å². The third-order valence-corrected chi connectivity index (χ3v) is 7.21. The third kappa shape index (κ3) is 5.84. The Kier molecular flexibility index (Phi) is 8.06. The van der Waals surface area contributed by atoms with Gasteiger partial charge in [0.15, 0.2) is 0 Å². The van der Waals surface area contributed by atoms with E-state index in [9.17, 15) is 19.5 Å². The first-order chi connectivity index (χ1) is 17.0. The molecule has 0 bridgehead atoms. The molecule has 7 nitrogen and oxygen atoms in total. The molecule has 1 fully saturated rings. The second-order valence-corrected chi connectivity index (χ2v) is 9.57. The van der Waals surface area contributed by atoms with E-state index in [1.165, 1.54) is 11.1 Å². The fourth-order valence-corrected chi connectivity index (χ4v) is 5.47. The number of carbonyl (C=O) groups excluding carboxylic acids is 2. The molecule has 2 aromatic carbocycles. The Morgan fingerprint density at radius 2 is 1.63 bits per heavy atom. The number of benzene rings is 2. The molecule has 2 aromatic rings. The second-order valence-electron chi connectivity index (χ2n) is 9.57. The monoisotopic (exact) mass is 478 g/mol. The maximum atomic E-state index is 12.8. The van der Waals surface area contributed by atoms with Crippen LogP contribution in [0.1, 0.15) is 68.9 Å². The van der Waals surface area contributed by atoms with Crippen LogP contribution in [0, 0.1) is 5.92 Å². The SMILES string of the molecule is CCC[C@H](NC(=O)C[C@H]1CCCC[C@H]1NC(=O)OCC1c2ccccc2-c2ccccc21)C(=O)O. The standard InChI is InChI=1S/C28H34N2O5/c1-2-9-25(27(32)33)29-26(31)16-18-10-3-8-15-24(18)30-28(34)35-17-23-21-13-6-4-11-19(21)20-12-5-7-14-22(20)23/h4-7,11-14,18,23-25H,2-3,8-10,15-17H2,1H3,(H,29,31)(H,30,34)(H,32,33)/t18-,24-,25+/m1/s1. The first-order valence-electron chi connectivity index (χ1n) is 12.6. The highest BCUT2D eigenvalue weighted by atomic mass is 16.5. The molecule has 2 aliphatic carbocycles. The molecule has 0 saturated heterocycles. The molecule has 0 radical (unpaired) electrons.